The van der Waals surface area contributed by atoms with Crippen LogP contribution >= 0.6 is 0 Å². The molecule has 0 unspecified atom stereocenters. The van der Waals surface area contributed by atoms with Crippen molar-refractivity contribution in [3.05, 3.63) is 68.8 Å². The van der Waals surface area contributed by atoms with Crippen molar-refractivity contribution in [1.82, 2.24) is 4.57 Å². The van der Waals surface area contributed by atoms with Crippen LogP contribution in [0.1, 0.15) is 0 Å². The molecule has 3 rings (SSSR count). The van der Waals surface area contributed by atoms with Gasteiger partial charge in [0.15, 0.2) is 0 Å². The predicted octanol–water partition coefficient (Wildman–Crippen LogP) is 3.66. The highest BCUT2D eigenvalue weighted by atomic mass is 16.6. The van der Waals surface area contributed by atoms with E-state index in [1.807, 2.05) is 30.3 Å². The Morgan fingerprint density at radius 1 is 0.955 bits per heavy atom. The fourth-order valence-corrected chi connectivity index (χ4v) is 2.54. The SMILES string of the molecule is Cn1c(-c2ccccc2)cc2c([N+](=O)[O-])cc([N+](=O)[O-])cc21. The standard InChI is InChI=1S/C15H11N3O4/c1-16-13(10-5-3-2-4-6-10)9-12-14(16)7-11(17(19)20)8-15(12)18(21)22/h2-9H,1H3. The zero-order valence-corrected chi connectivity index (χ0v) is 11.6. The van der Waals surface area contributed by atoms with Gasteiger partial charge in [-0.25, -0.2) is 0 Å². The Morgan fingerprint density at radius 3 is 2.23 bits per heavy atom. The van der Waals surface area contributed by atoms with Crippen LogP contribution in [0.4, 0.5) is 11.4 Å². The van der Waals surface area contributed by atoms with Crippen LogP contribution in [-0.2, 0) is 7.05 Å². The molecule has 7 nitrogen and oxygen atoms in total. The number of aryl methyl sites for hydroxylation is 1. The largest absolute Gasteiger partial charge is 0.343 e. The van der Waals surface area contributed by atoms with Crippen LogP contribution < -0.4 is 0 Å². The van der Waals surface area contributed by atoms with Crippen molar-refractivity contribution < 1.29 is 9.85 Å². The molecule has 22 heavy (non-hydrogen) atoms. The molecule has 0 aliphatic carbocycles. The first-order valence-corrected chi connectivity index (χ1v) is 6.46. The third-order valence-electron chi connectivity index (χ3n) is 3.60. The lowest BCUT2D eigenvalue weighted by molar-refractivity contribution is -0.393. The molecule has 0 radical (unpaired) electrons. The molecule has 0 aliphatic heterocycles. The summed E-state index contributed by atoms with van der Waals surface area (Å²) in [4.78, 5) is 21.0. The van der Waals surface area contributed by atoms with Gasteiger partial charge >= 0.3 is 0 Å². The topological polar surface area (TPSA) is 91.2 Å². The van der Waals surface area contributed by atoms with Gasteiger partial charge in [0.1, 0.15) is 0 Å². The van der Waals surface area contributed by atoms with E-state index in [9.17, 15) is 20.2 Å². The molecule has 0 spiro atoms. The number of aromatic nitrogens is 1. The monoisotopic (exact) mass is 297 g/mol. The molecule has 0 aliphatic rings. The molecule has 0 N–H and O–H groups in total. The lowest BCUT2D eigenvalue weighted by atomic mass is 10.1. The van der Waals surface area contributed by atoms with Crippen LogP contribution in [0.25, 0.3) is 22.2 Å². The van der Waals surface area contributed by atoms with E-state index < -0.39 is 9.85 Å². The zero-order valence-electron chi connectivity index (χ0n) is 11.6. The summed E-state index contributed by atoms with van der Waals surface area (Å²) in [5.74, 6) is 0. The summed E-state index contributed by atoms with van der Waals surface area (Å²) in [5, 5.41) is 22.6. The molecule has 0 fully saturated rings. The Bertz CT molecular complexity index is 900. The Morgan fingerprint density at radius 2 is 1.64 bits per heavy atom. The fourth-order valence-electron chi connectivity index (χ4n) is 2.54. The van der Waals surface area contributed by atoms with Gasteiger partial charge in [-0.05, 0) is 11.6 Å². The lowest BCUT2D eigenvalue weighted by Crippen LogP contribution is -1.95. The van der Waals surface area contributed by atoms with E-state index >= 15 is 0 Å². The summed E-state index contributed by atoms with van der Waals surface area (Å²) in [6.07, 6.45) is 0. The number of benzene rings is 2. The van der Waals surface area contributed by atoms with Crippen LogP contribution in [0.2, 0.25) is 0 Å². The Kier molecular flexibility index (Phi) is 3.10. The summed E-state index contributed by atoms with van der Waals surface area (Å²) in [6.45, 7) is 0. The Labute approximate surface area is 124 Å². The summed E-state index contributed by atoms with van der Waals surface area (Å²) in [5.41, 5.74) is 1.55. The van der Waals surface area contributed by atoms with Crippen LogP contribution in [-0.4, -0.2) is 14.4 Å². The van der Waals surface area contributed by atoms with Gasteiger partial charge in [0.05, 0.1) is 26.8 Å². The van der Waals surface area contributed by atoms with Gasteiger partial charge < -0.3 is 4.57 Å². The van der Waals surface area contributed by atoms with Gasteiger partial charge in [-0.15, -0.1) is 0 Å². The highest BCUT2D eigenvalue weighted by Crippen LogP contribution is 2.35. The maximum atomic E-state index is 11.2. The van der Waals surface area contributed by atoms with Crippen LogP contribution in [0, 0.1) is 20.2 Å². The highest BCUT2D eigenvalue weighted by Gasteiger charge is 2.22. The van der Waals surface area contributed by atoms with Gasteiger partial charge in [-0.3, -0.25) is 20.2 Å². The molecule has 1 aromatic heterocycles. The highest BCUT2D eigenvalue weighted by molar-refractivity contribution is 5.95. The second-order valence-electron chi connectivity index (χ2n) is 4.87. The molecule has 0 saturated heterocycles. The molecule has 2 aromatic carbocycles. The van der Waals surface area contributed by atoms with Crippen molar-refractivity contribution in [2.75, 3.05) is 0 Å². The van der Waals surface area contributed by atoms with E-state index in [1.54, 1.807) is 17.7 Å². The molecule has 110 valence electrons. The molecule has 1 heterocycles. The quantitative estimate of drug-likeness (QED) is 0.544. The van der Waals surface area contributed by atoms with Crippen molar-refractivity contribution in [2.45, 2.75) is 0 Å². The minimum atomic E-state index is -0.623. The van der Waals surface area contributed by atoms with Crippen molar-refractivity contribution in [1.29, 1.82) is 0 Å². The third kappa shape index (κ3) is 2.08. The van der Waals surface area contributed by atoms with Crippen LogP contribution in [0.3, 0.4) is 0 Å². The average molecular weight is 297 g/mol. The molecule has 0 atom stereocenters. The number of hydrogen-bond donors (Lipinski definition) is 0. The molecule has 7 heteroatoms. The first-order chi connectivity index (χ1) is 10.5. The molecule has 0 bridgehead atoms. The van der Waals surface area contributed by atoms with E-state index in [2.05, 4.69) is 0 Å². The number of nitro groups is 2. The second-order valence-corrected chi connectivity index (χ2v) is 4.87. The van der Waals surface area contributed by atoms with Crippen LogP contribution in [0.15, 0.2) is 48.5 Å². The van der Waals surface area contributed by atoms with Crippen molar-refractivity contribution >= 4 is 22.3 Å². The number of nitro benzene ring substituents is 2. The van der Waals surface area contributed by atoms with E-state index in [1.165, 1.54) is 6.07 Å². The Hall–Kier alpha value is -3.22. The minimum absolute atomic E-state index is 0.262. The van der Waals surface area contributed by atoms with Crippen molar-refractivity contribution in [3.8, 4) is 11.3 Å². The first kappa shape index (κ1) is 13.7. The van der Waals surface area contributed by atoms with E-state index in [0.29, 0.717) is 10.9 Å². The minimum Gasteiger partial charge on any atom is -0.343 e. The number of nitrogens with zero attached hydrogens (tertiary/aromatic N) is 3. The normalized spacial score (nSPS) is 10.8. The first-order valence-electron chi connectivity index (χ1n) is 6.46. The second kappa shape index (κ2) is 4.96. The van der Waals surface area contributed by atoms with E-state index in [-0.39, 0.29) is 11.4 Å². The van der Waals surface area contributed by atoms with Gasteiger partial charge in [-0.2, -0.15) is 0 Å². The zero-order chi connectivity index (χ0) is 15.9. The molecule has 3 aromatic rings. The molecular weight excluding hydrogens is 286 g/mol. The maximum Gasteiger partial charge on any atom is 0.285 e. The number of hydrogen-bond acceptors (Lipinski definition) is 4. The van der Waals surface area contributed by atoms with E-state index in [0.717, 1.165) is 17.3 Å². The fraction of sp³-hybridized carbons (Fsp3) is 0.0667. The summed E-state index contributed by atoms with van der Waals surface area (Å²) in [6, 6.07) is 13.4. The van der Waals surface area contributed by atoms with E-state index in [4.69, 9.17) is 0 Å². The van der Waals surface area contributed by atoms with Gasteiger partial charge in [0.2, 0.25) is 0 Å². The maximum absolute atomic E-state index is 11.2. The number of fused-ring (bicyclic) bond motifs is 1. The van der Waals surface area contributed by atoms with Crippen molar-refractivity contribution in [3.63, 3.8) is 0 Å². The summed E-state index contributed by atoms with van der Waals surface area (Å²) >= 11 is 0. The summed E-state index contributed by atoms with van der Waals surface area (Å²) < 4.78 is 1.73. The summed E-state index contributed by atoms with van der Waals surface area (Å²) in [7, 11) is 1.73. The third-order valence-corrected chi connectivity index (χ3v) is 3.60. The Balaban J connectivity index is 2.36. The lowest BCUT2D eigenvalue weighted by Gasteiger charge is -2.04. The molecule has 0 amide bonds. The van der Waals surface area contributed by atoms with Crippen molar-refractivity contribution in [2.24, 2.45) is 7.05 Å². The number of non-ortho nitro benzene ring substituents is 2. The van der Waals surface area contributed by atoms with Gasteiger partial charge in [0.25, 0.3) is 11.4 Å². The average Bonchev–Trinajstić information content (AvgIpc) is 2.84. The van der Waals surface area contributed by atoms with Gasteiger partial charge in [0, 0.05) is 18.8 Å². The predicted molar refractivity (Wildman–Crippen MR) is 81.7 cm³/mol. The van der Waals surface area contributed by atoms with Crippen LogP contribution in [0.5, 0.6) is 0 Å². The molecular formula is C15H11N3O4. The van der Waals surface area contributed by atoms with Gasteiger partial charge in [-0.1, -0.05) is 30.3 Å². The molecule has 0 saturated carbocycles. The number of rotatable bonds is 3. The smallest absolute Gasteiger partial charge is 0.285 e.